The van der Waals surface area contributed by atoms with E-state index in [2.05, 4.69) is 10.3 Å². The van der Waals surface area contributed by atoms with Crippen molar-refractivity contribution >= 4 is 49.0 Å². The Bertz CT molecular complexity index is 838. The van der Waals surface area contributed by atoms with Gasteiger partial charge in [0.1, 0.15) is 10.2 Å². The fourth-order valence-electron chi connectivity index (χ4n) is 3.75. The van der Waals surface area contributed by atoms with Crippen molar-refractivity contribution < 1.29 is 4.79 Å². The maximum absolute atomic E-state index is 12.6. The number of thiophene rings is 1. The quantitative estimate of drug-likeness (QED) is 0.520. The molecule has 9 heteroatoms. The summed E-state index contributed by atoms with van der Waals surface area (Å²) in [4.78, 5) is 27.0. The SMILES string of the molecule is O=C(CCCC[C@H]1CCSS1)N1CCC(n2nnc3ccsc3c2=O)CC1. The molecule has 1 atom stereocenters. The summed E-state index contributed by atoms with van der Waals surface area (Å²) in [6, 6.07) is 1.86. The maximum atomic E-state index is 12.6. The third kappa shape index (κ3) is 4.51. The van der Waals surface area contributed by atoms with Gasteiger partial charge in [0.15, 0.2) is 0 Å². The second-order valence-corrected chi connectivity index (χ2v) is 10.9. The minimum atomic E-state index is -0.0530. The van der Waals surface area contributed by atoms with Crippen LogP contribution in [-0.4, -0.2) is 49.9 Å². The van der Waals surface area contributed by atoms with Crippen molar-refractivity contribution in [1.29, 1.82) is 0 Å². The van der Waals surface area contributed by atoms with E-state index in [9.17, 15) is 9.59 Å². The molecule has 2 aliphatic heterocycles. The van der Waals surface area contributed by atoms with Crippen molar-refractivity contribution in [3.63, 3.8) is 0 Å². The first-order valence-electron chi connectivity index (χ1n) is 9.61. The molecule has 6 nitrogen and oxygen atoms in total. The van der Waals surface area contributed by atoms with Crippen molar-refractivity contribution in [3.8, 4) is 0 Å². The van der Waals surface area contributed by atoms with E-state index in [0.29, 0.717) is 29.7 Å². The van der Waals surface area contributed by atoms with Gasteiger partial charge in [0.05, 0.1) is 6.04 Å². The Balaban J connectivity index is 1.24. The molecule has 0 saturated carbocycles. The number of hydrogen-bond acceptors (Lipinski definition) is 7. The van der Waals surface area contributed by atoms with E-state index < -0.39 is 0 Å². The van der Waals surface area contributed by atoms with Crippen molar-refractivity contribution in [3.05, 3.63) is 21.8 Å². The number of hydrogen-bond donors (Lipinski definition) is 0. The summed E-state index contributed by atoms with van der Waals surface area (Å²) < 4.78 is 2.19. The zero-order valence-electron chi connectivity index (χ0n) is 15.2. The first-order valence-corrected chi connectivity index (χ1v) is 12.9. The highest BCUT2D eigenvalue weighted by atomic mass is 33.1. The Kier molecular flexibility index (Phi) is 6.39. The highest BCUT2D eigenvalue weighted by molar-refractivity contribution is 8.77. The number of rotatable bonds is 6. The number of likely N-dealkylation sites (tertiary alicyclic amines) is 1. The standard InChI is InChI=1S/C18H24N4O2S3/c23-16(4-2-1-3-14-7-12-26-27-14)21-9-5-13(6-10-21)22-18(24)17-15(19-20-22)8-11-25-17/h8,11,13-14H,1-7,9-10,12H2/t14-/m0/s1. The molecule has 0 unspecified atom stereocenters. The molecule has 0 bridgehead atoms. The van der Waals surface area contributed by atoms with Gasteiger partial charge in [-0.15, -0.1) is 16.4 Å². The first-order chi connectivity index (χ1) is 13.2. The van der Waals surface area contributed by atoms with Crippen molar-refractivity contribution in [2.24, 2.45) is 0 Å². The number of aromatic nitrogens is 3. The van der Waals surface area contributed by atoms with Gasteiger partial charge in [0, 0.05) is 30.5 Å². The van der Waals surface area contributed by atoms with E-state index in [0.717, 1.165) is 30.9 Å². The number of carbonyl (C=O) groups is 1. The molecule has 4 heterocycles. The normalized spacial score (nSPS) is 21.2. The van der Waals surface area contributed by atoms with Gasteiger partial charge in [-0.3, -0.25) is 9.59 Å². The zero-order valence-corrected chi connectivity index (χ0v) is 17.7. The molecule has 2 aromatic rings. The third-order valence-corrected chi connectivity index (χ3v) is 9.25. The summed E-state index contributed by atoms with van der Waals surface area (Å²) in [6.45, 7) is 1.41. The molecule has 0 radical (unpaired) electrons. The Labute approximate surface area is 170 Å². The van der Waals surface area contributed by atoms with Crippen LogP contribution in [0.3, 0.4) is 0 Å². The Morgan fingerprint density at radius 2 is 2.07 bits per heavy atom. The van der Waals surface area contributed by atoms with Gasteiger partial charge in [-0.05, 0) is 43.6 Å². The second-order valence-electron chi connectivity index (χ2n) is 7.16. The molecule has 2 saturated heterocycles. The van der Waals surface area contributed by atoms with Gasteiger partial charge in [0.25, 0.3) is 5.56 Å². The van der Waals surface area contributed by atoms with Crippen molar-refractivity contribution in [2.45, 2.75) is 56.2 Å². The summed E-state index contributed by atoms with van der Waals surface area (Å²) in [5.74, 6) is 1.53. The van der Waals surface area contributed by atoms with Gasteiger partial charge in [-0.2, -0.15) is 0 Å². The average molecular weight is 425 g/mol. The van der Waals surface area contributed by atoms with Gasteiger partial charge >= 0.3 is 0 Å². The molecule has 2 aromatic heterocycles. The lowest BCUT2D eigenvalue weighted by Gasteiger charge is -2.32. The number of unbranched alkanes of at least 4 members (excludes halogenated alkanes) is 1. The van der Waals surface area contributed by atoms with Gasteiger partial charge in [-0.25, -0.2) is 4.68 Å². The van der Waals surface area contributed by atoms with E-state index in [1.807, 2.05) is 37.9 Å². The monoisotopic (exact) mass is 424 g/mol. The Hall–Kier alpha value is -1.06. The molecule has 0 aliphatic carbocycles. The van der Waals surface area contributed by atoms with Crippen LogP contribution in [0, 0.1) is 0 Å². The van der Waals surface area contributed by atoms with Crippen LogP contribution in [0.5, 0.6) is 0 Å². The summed E-state index contributed by atoms with van der Waals surface area (Å²) in [7, 11) is 3.99. The van der Waals surface area contributed by atoms with Crippen molar-refractivity contribution in [2.75, 3.05) is 18.8 Å². The topological polar surface area (TPSA) is 68.1 Å². The van der Waals surface area contributed by atoms with Crippen LogP contribution in [0.2, 0.25) is 0 Å². The Morgan fingerprint density at radius 3 is 2.85 bits per heavy atom. The van der Waals surface area contributed by atoms with Crippen LogP contribution in [0.15, 0.2) is 16.2 Å². The van der Waals surface area contributed by atoms with Gasteiger partial charge < -0.3 is 4.90 Å². The number of carbonyl (C=O) groups excluding carboxylic acids is 1. The predicted molar refractivity (Wildman–Crippen MR) is 113 cm³/mol. The minimum absolute atomic E-state index is 0.0393. The molecule has 146 valence electrons. The van der Waals surface area contributed by atoms with Gasteiger partial charge in [-0.1, -0.05) is 33.2 Å². The second kappa shape index (κ2) is 8.96. The number of amides is 1. The van der Waals surface area contributed by atoms with Crippen LogP contribution >= 0.6 is 32.9 Å². The van der Waals surface area contributed by atoms with Crippen LogP contribution in [0.4, 0.5) is 0 Å². The highest BCUT2D eigenvalue weighted by Gasteiger charge is 2.26. The third-order valence-electron chi connectivity index (χ3n) is 5.35. The molecule has 2 aliphatic rings. The lowest BCUT2D eigenvalue weighted by atomic mass is 10.0. The smallest absolute Gasteiger partial charge is 0.287 e. The fourth-order valence-corrected chi connectivity index (χ4v) is 7.54. The molecular formula is C18H24N4O2S3. The molecular weight excluding hydrogens is 400 g/mol. The molecule has 0 N–H and O–H groups in total. The maximum Gasteiger partial charge on any atom is 0.287 e. The van der Waals surface area contributed by atoms with E-state index in [1.54, 1.807) is 0 Å². The predicted octanol–water partition coefficient (Wildman–Crippen LogP) is 3.73. The molecule has 0 spiro atoms. The molecule has 1 amide bonds. The molecule has 0 aromatic carbocycles. The number of piperidine rings is 1. The largest absolute Gasteiger partial charge is 0.343 e. The average Bonchev–Trinajstić information content (AvgIpc) is 3.38. The molecule has 4 rings (SSSR count). The van der Waals surface area contributed by atoms with E-state index in [-0.39, 0.29) is 17.5 Å². The van der Waals surface area contributed by atoms with Crippen LogP contribution in [-0.2, 0) is 4.79 Å². The lowest BCUT2D eigenvalue weighted by Crippen LogP contribution is -2.41. The van der Waals surface area contributed by atoms with Gasteiger partial charge in [0.2, 0.25) is 5.91 Å². The summed E-state index contributed by atoms with van der Waals surface area (Å²) in [5.41, 5.74) is 0.617. The van der Waals surface area contributed by atoms with Crippen LogP contribution < -0.4 is 5.56 Å². The van der Waals surface area contributed by atoms with E-state index >= 15 is 0 Å². The van der Waals surface area contributed by atoms with Crippen LogP contribution in [0.1, 0.15) is 51.0 Å². The Morgan fingerprint density at radius 1 is 1.22 bits per heavy atom. The molecule has 27 heavy (non-hydrogen) atoms. The zero-order chi connectivity index (χ0) is 18.6. The van der Waals surface area contributed by atoms with Crippen LogP contribution in [0.25, 0.3) is 10.2 Å². The highest BCUT2D eigenvalue weighted by Crippen LogP contribution is 2.39. The lowest BCUT2D eigenvalue weighted by molar-refractivity contribution is -0.132. The molecule has 2 fully saturated rings. The van der Waals surface area contributed by atoms with E-state index in [4.69, 9.17) is 0 Å². The minimum Gasteiger partial charge on any atom is -0.343 e. The summed E-state index contributed by atoms with van der Waals surface area (Å²) in [5, 5.41) is 10.9. The first kappa shape index (κ1) is 19.3. The fraction of sp³-hybridized carbons (Fsp3) is 0.667. The van der Waals surface area contributed by atoms with Crippen molar-refractivity contribution in [1.82, 2.24) is 19.9 Å². The summed E-state index contributed by atoms with van der Waals surface area (Å²) >= 11 is 1.41. The number of fused-ring (bicyclic) bond motifs is 1. The summed E-state index contributed by atoms with van der Waals surface area (Å²) in [6.07, 6.45) is 6.87. The van der Waals surface area contributed by atoms with E-state index in [1.165, 1.54) is 34.6 Å². The number of nitrogens with zero attached hydrogens (tertiary/aromatic N) is 4.